The number of aliphatic hydroxyl groups excluding tert-OH is 1. The molecule has 2 rings (SSSR count). The van der Waals surface area contributed by atoms with E-state index in [2.05, 4.69) is 4.98 Å². The van der Waals surface area contributed by atoms with Gasteiger partial charge in [-0.2, -0.15) is 0 Å². The summed E-state index contributed by atoms with van der Waals surface area (Å²) in [6.45, 7) is 3.96. The molecule has 2 nitrogen and oxygen atoms in total. The number of aromatic nitrogens is 1. The summed E-state index contributed by atoms with van der Waals surface area (Å²) in [5, 5.41) is 10.1. The van der Waals surface area contributed by atoms with Gasteiger partial charge in [-0.05, 0) is 43.9 Å². The fourth-order valence-corrected chi connectivity index (χ4v) is 2.24. The van der Waals surface area contributed by atoms with E-state index in [9.17, 15) is 5.11 Å². The van der Waals surface area contributed by atoms with Crippen molar-refractivity contribution in [1.29, 1.82) is 0 Å². The number of hydrogen-bond acceptors (Lipinski definition) is 2. The van der Waals surface area contributed by atoms with Gasteiger partial charge in [-0.15, -0.1) is 0 Å². The molecule has 1 aliphatic carbocycles. The zero-order valence-corrected chi connectivity index (χ0v) is 9.53. The first kappa shape index (κ1) is 10.6. The lowest BCUT2D eigenvalue weighted by atomic mass is 9.80. The molecule has 0 saturated heterocycles. The van der Waals surface area contributed by atoms with Crippen LogP contribution in [0.2, 0.25) is 0 Å². The van der Waals surface area contributed by atoms with Crippen LogP contribution in [0, 0.1) is 19.8 Å². The molecule has 1 aromatic rings. The van der Waals surface area contributed by atoms with Crippen LogP contribution in [0.15, 0.2) is 12.1 Å². The SMILES string of the molecule is Cc1cc(C(O)CC2CCC2)cc(C)n1. The highest BCUT2D eigenvalue weighted by Crippen LogP contribution is 2.34. The molecule has 1 unspecified atom stereocenters. The molecule has 0 aliphatic heterocycles. The first-order valence-electron chi connectivity index (χ1n) is 5.78. The second kappa shape index (κ2) is 4.31. The highest BCUT2D eigenvalue weighted by atomic mass is 16.3. The maximum atomic E-state index is 10.1. The van der Waals surface area contributed by atoms with Crippen LogP contribution in [-0.4, -0.2) is 10.1 Å². The van der Waals surface area contributed by atoms with E-state index < -0.39 is 0 Å². The molecule has 1 aliphatic rings. The number of nitrogens with zero attached hydrogens (tertiary/aromatic N) is 1. The van der Waals surface area contributed by atoms with E-state index in [0.717, 1.165) is 29.3 Å². The van der Waals surface area contributed by atoms with Crippen LogP contribution in [-0.2, 0) is 0 Å². The average molecular weight is 205 g/mol. The first-order chi connectivity index (χ1) is 7.15. The van der Waals surface area contributed by atoms with Gasteiger partial charge >= 0.3 is 0 Å². The van der Waals surface area contributed by atoms with Crippen molar-refractivity contribution in [2.45, 2.75) is 45.6 Å². The third-order valence-electron chi connectivity index (χ3n) is 3.27. The predicted molar refractivity (Wildman–Crippen MR) is 60.6 cm³/mol. The van der Waals surface area contributed by atoms with Gasteiger partial charge in [0.25, 0.3) is 0 Å². The van der Waals surface area contributed by atoms with Crippen LogP contribution in [0.3, 0.4) is 0 Å². The van der Waals surface area contributed by atoms with E-state index in [4.69, 9.17) is 0 Å². The molecule has 82 valence electrons. The van der Waals surface area contributed by atoms with Crippen LogP contribution in [0.5, 0.6) is 0 Å². The lowest BCUT2D eigenvalue weighted by molar-refractivity contribution is 0.118. The van der Waals surface area contributed by atoms with Gasteiger partial charge in [0.05, 0.1) is 6.10 Å². The van der Waals surface area contributed by atoms with Crippen molar-refractivity contribution in [3.8, 4) is 0 Å². The molecule has 1 fully saturated rings. The Kier molecular flexibility index (Phi) is 3.06. The van der Waals surface area contributed by atoms with Crippen LogP contribution in [0.1, 0.15) is 48.7 Å². The van der Waals surface area contributed by atoms with Gasteiger partial charge in [0.15, 0.2) is 0 Å². The molecule has 1 N–H and O–H groups in total. The molecular formula is C13H19NO. The maximum Gasteiger partial charge on any atom is 0.0794 e. The zero-order chi connectivity index (χ0) is 10.8. The second-order valence-corrected chi connectivity index (χ2v) is 4.73. The van der Waals surface area contributed by atoms with E-state index in [1.54, 1.807) is 0 Å². The Morgan fingerprint density at radius 2 is 1.93 bits per heavy atom. The summed E-state index contributed by atoms with van der Waals surface area (Å²) in [6.07, 6.45) is 4.55. The number of hydrogen-bond donors (Lipinski definition) is 1. The van der Waals surface area contributed by atoms with Gasteiger partial charge in [-0.1, -0.05) is 19.3 Å². The van der Waals surface area contributed by atoms with Crippen LogP contribution in [0.4, 0.5) is 0 Å². The van der Waals surface area contributed by atoms with Gasteiger partial charge < -0.3 is 5.11 Å². The topological polar surface area (TPSA) is 33.1 Å². The number of pyridine rings is 1. The smallest absolute Gasteiger partial charge is 0.0794 e. The molecule has 2 heteroatoms. The molecule has 0 bridgehead atoms. The molecule has 1 aromatic heterocycles. The molecule has 15 heavy (non-hydrogen) atoms. The third-order valence-corrected chi connectivity index (χ3v) is 3.27. The minimum absolute atomic E-state index is 0.296. The Balaban J connectivity index is 2.06. The molecular weight excluding hydrogens is 186 g/mol. The minimum atomic E-state index is -0.296. The Bertz CT molecular complexity index is 324. The van der Waals surface area contributed by atoms with Gasteiger partial charge in [-0.3, -0.25) is 4.98 Å². The Labute approximate surface area is 91.4 Å². The van der Waals surface area contributed by atoms with Crippen LogP contribution in [0.25, 0.3) is 0 Å². The van der Waals surface area contributed by atoms with E-state index in [1.807, 2.05) is 26.0 Å². The maximum absolute atomic E-state index is 10.1. The Morgan fingerprint density at radius 3 is 2.40 bits per heavy atom. The Morgan fingerprint density at radius 1 is 1.33 bits per heavy atom. The zero-order valence-electron chi connectivity index (χ0n) is 9.53. The van der Waals surface area contributed by atoms with Crippen molar-refractivity contribution in [3.05, 3.63) is 29.1 Å². The molecule has 0 radical (unpaired) electrons. The van der Waals surface area contributed by atoms with E-state index in [0.29, 0.717) is 0 Å². The van der Waals surface area contributed by atoms with Gasteiger partial charge in [0.2, 0.25) is 0 Å². The highest BCUT2D eigenvalue weighted by Gasteiger charge is 2.21. The summed E-state index contributed by atoms with van der Waals surface area (Å²) in [5.74, 6) is 0.744. The largest absolute Gasteiger partial charge is 0.388 e. The average Bonchev–Trinajstić information content (AvgIpc) is 2.09. The van der Waals surface area contributed by atoms with Gasteiger partial charge in [0, 0.05) is 11.4 Å². The molecule has 1 heterocycles. The monoisotopic (exact) mass is 205 g/mol. The van der Waals surface area contributed by atoms with E-state index in [-0.39, 0.29) is 6.10 Å². The van der Waals surface area contributed by atoms with Crippen LogP contribution < -0.4 is 0 Å². The second-order valence-electron chi connectivity index (χ2n) is 4.73. The number of aryl methyl sites for hydroxylation is 2. The fraction of sp³-hybridized carbons (Fsp3) is 0.615. The third kappa shape index (κ3) is 2.57. The molecule has 1 saturated carbocycles. The van der Waals surface area contributed by atoms with Crippen molar-refractivity contribution in [1.82, 2.24) is 4.98 Å². The van der Waals surface area contributed by atoms with Gasteiger partial charge in [0.1, 0.15) is 0 Å². The molecule has 0 aromatic carbocycles. The molecule has 0 spiro atoms. The van der Waals surface area contributed by atoms with Crippen molar-refractivity contribution < 1.29 is 5.11 Å². The summed E-state index contributed by atoms with van der Waals surface area (Å²) < 4.78 is 0. The van der Waals surface area contributed by atoms with E-state index >= 15 is 0 Å². The lowest BCUT2D eigenvalue weighted by Gasteiger charge is -2.27. The van der Waals surface area contributed by atoms with E-state index in [1.165, 1.54) is 19.3 Å². The lowest BCUT2D eigenvalue weighted by Crippen LogP contribution is -2.15. The first-order valence-corrected chi connectivity index (χ1v) is 5.78. The van der Waals surface area contributed by atoms with Crippen LogP contribution >= 0.6 is 0 Å². The number of rotatable bonds is 3. The normalized spacial score (nSPS) is 18.6. The quantitative estimate of drug-likeness (QED) is 0.823. The summed E-state index contributed by atoms with van der Waals surface area (Å²) >= 11 is 0. The summed E-state index contributed by atoms with van der Waals surface area (Å²) in [6, 6.07) is 3.99. The fourth-order valence-electron chi connectivity index (χ4n) is 2.24. The summed E-state index contributed by atoms with van der Waals surface area (Å²) in [7, 11) is 0. The molecule has 0 amide bonds. The Hall–Kier alpha value is -0.890. The van der Waals surface area contributed by atoms with Gasteiger partial charge in [-0.25, -0.2) is 0 Å². The predicted octanol–water partition coefficient (Wildman–Crippen LogP) is 2.92. The van der Waals surface area contributed by atoms with Crippen molar-refractivity contribution >= 4 is 0 Å². The van der Waals surface area contributed by atoms with Crippen molar-refractivity contribution in [2.75, 3.05) is 0 Å². The van der Waals surface area contributed by atoms with Crippen molar-refractivity contribution in [3.63, 3.8) is 0 Å². The standard InChI is InChI=1S/C13H19NO/c1-9-6-12(7-10(2)14-9)13(15)8-11-4-3-5-11/h6-7,11,13,15H,3-5,8H2,1-2H3. The highest BCUT2D eigenvalue weighted by molar-refractivity contribution is 5.22. The number of aliphatic hydroxyl groups is 1. The minimum Gasteiger partial charge on any atom is -0.388 e. The summed E-state index contributed by atoms with van der Waals surface area (Å²) in [4.78, 5) is 4.32. The van der Waals surface area contributed by atoms with Crippen molar-refractivity contribution in [2.24, 2.45) is 5.92 Å². The summed E-state index contributed by atoms with van der Waals surface area (Å²) in [5.41, 5.74) is 3.03. The molecule has 1 atom stereocenters.